The van der Waals surface area contributed by atoms with E-state index in [4.69, 9.17) is 0 Å². The molecule has 0 bridgehead atoms. The van der Waals surface area contributed by atoms with E-state index in [9.17, 15) is 14.4 Å². The minimum absolute atomic E-state index is 0.0131. The average molecular weight is 472 g/mol. The molecule has 0 spiro atoms. The molecule has 0 saturated carbocycles. The number of amides is 2. The number of aromatic nitrogens is 3. The summed E-state index contributed by atoms with van der Waals surface area (Å²) in [5.74, 6) is -0.436. The highest BCUT2D eigenvalue weighted by atomic mass is 32.2. The van der Waals surface area contributed by atoms with Crippen molar-refractivity contribution in [1.29, 1.82) is 0 Å². The van der Waals surface area contributed by atoms with E-state index >= 15 is 0 Å². The fourth-order valence-electron chi connectivity index (χ4n) is 2.68. The lowest BCUT2D eigenvalue weighted by atomic mass is 10.3. The van der Waals surface area contributed by atoms with Crippen LogP contribution in [0.1, 0.15) is 10.6 Å². The molecule has 31 heavy (non-hydrogen) atoms. The number of thiophene rings is 1. The highest BCUT2D eigenvalue weighted by Gasteiger charge is 2.11. The molecule has 4 rings (SSSR count). The molecule has 3 aromatic heterocycles. The third-order valence-electron chi connectivity index (χ3n) is 4.03. The second kappa shape index (κ2) is 9.86. The zero-order valence-corrected chi connectivity index (χ0v) is 18.5. The van der Waals surface area contributed by atoms with E-state index in [0.717, 1.165) is 26.9 Å². The lowest BCUT2D eigenvalue weighted by molar-refractivity contribution is -0.120. The van der Waals surface area contributed by atoms with E-state index in [2.05, 4.69) is 25.6 Å². The number of carbonyl (C=O) groups is 2. The number of hydrogen-bond donors (Lipinski definition) is 3. The Morgan fingerprint density at radius 1 is 1.10 bits per heavy atom. The molecular formula is C20H17N5O3S3. The highest BCUT2D eigenvalue weighted by molar-refractivity contribution is 7.99. The fourth-order valence-corrected chi connectivity index (χ4v) is 4.90. The molecule has 0 aliphatic carbocycles. The molecule has 158 valence electrons. The number of para-hydroxylation sites is 1. The maximum Gasteiger partial charge on any atom is 0.251 e. The molecule has 2 amide bonds. The van der Waals surface area contributed by atoms with Crippen LogP contribution in [0, 0.1) is 0 Å². The lowest BCUT2D eigenvalue weighted by Gasteiger charge is -2.05. The van der Waals surface area contributed by atoms with E-state index < -0.39 is 0 Å². The van der Waals surface area contributed by atoms with Gasteiger partial charge in [0.2, 0.25) is 11.8 Å². The van der Waals surface area contributed by atoms with Crippen molar-refractivity contribution in [2.45, 2.75) is 18.1 Å². The number of carbonyl (C=O) groups excluding carboxylic acids is 2. The van der Waals surface area contributed by atoms with Gasteiger partial charge < -0.3 is 15.6 Å². The molecule has 0 radical (unpaired) electrons. The van der Waals surface area contributed by atoms with Gasteiger partial charge in [0.25, 0.3) is 5.56 Å². The topological polar surface area (TPSA) is 117 Å². The summed E-state index contributed by atoms with van der Waals surface area (Å²) >= 11 is 4.04. The first kappa shape index (κ1) is 21.2. The van der Waals surface area contributed by atoms with Crippen LogP contribution in [0.4, 0.5) is 5.13 Å². The molecule has 3 N–H and O–H groups in total. The number of benzene rings is 1. The Kier molecular flexibility index (Phi) is 6.75. The Balaban J connectivity index is 1.31. The van der Waals surface area contributed by atoms with Crippen LogP contribution in [0.3, 0.4) is 0 Å². The monoisotopic (exact) mass is 471 g/mol. The number of nitrogens with zero attached hydrogens (tertiary/aromatic N) is 2. The first-order chi connectivity index (χ1) is 15.0. The van der Waals surface area contributed by atoms with Crippen LogP contribution in [-0.4, -0.2) is 32.5 Å². The van der Waals surface area contributed by atoms with Gasteiger partial charge in [-0.05, 0) is 23.6 Å². The number of H-pyrrole nitrogens is 1. The number of anilines is 1. The number of aromatic amines is 1. The fraction of sp³-hybridized carbons (Fsp3) is 0.150. The number of hydrogen-bond acceptors (Lipinski definition) is 8. The van der Waals surface area contributed by atoms with Gasteiger partial charge in [0.1, 0.15) is 0 Å². The van der Waals surface area contributed by atoms with Crippen molar-refractivity contribution >= 4 is 61.6 Å². The Hall–Kier alpha value is -3.02. The van der Waals surface area contributed by atoms with E-state index in [1.165, 1.54) is 17.4 Å². The van der Waals surface area contributed by atoms with Crippen LogP contribution in [0.2, 0.25) is 0 Å². The lowest BCUT2D eigenvalue weighted by Crippen LogP contribution is -2.25. The first-order valence-corrected chi connectivity index (χ1v) is 11.9. The minimum atomic E-state index is -0.370. The van der Waals surface area contributed by atoms with Crippen molar-refractivity contribution in [3.05, 3.63) is 68.8 Å². The molecule has 3 heterocycles. The van der Waals surface area contributed by atoms with E-state index in [1.54, 1.807) is 11.3 Å². The smallest absolute Gasteiger partial charge is 0.251 e. The Morgan fingerprint density at radius 3 is 2.77 bits per heavy atom. The predicted octanol–water partition coefficient (Wildman–Crippen LogP) is 3.03. The standard InChI is InChI=1S/C20H17N5O3S3/c26-16(21-10-13-4-3-7-29-13)8-12-9-17(27)24-19(22-12)30-11-18(28)25-20-23-14-5-1-2-6-15(14)31-20/h1-7,9H,8,10-11H2,(H,21,26)(H,22,24,27)(H,23,25,28). The second-order valence-electron chi connectivity index (χ2n) is 6.40. The van der Waals surface area contributed by atoms with Gasteiger partial charge in [0.05, 0.1) is 34.6 Å². The van der Waals surface area contributed by atoms with Gasteiger partial charge in [0.15, 0.2) is 10.3 Å². The van der Waals surface area contributed by atoms with Gasteiger partial charge in [0, 0.05) is 10.9 Å². The Bertz CT molecular complexity index is 1230. The summed E-state index contributed by atoms with van der Waals surface area (Å²) in [4.78, 5) is 48.6. The minimum Gasteiger partial charge on any atom is -0.351 e. The van der Waals surface area contributed by atoms with Gasteiger partial charge >= 0.3 is 0 Å². The van der Waals surface area contributed by atoms with Crippen LogP contribution >= 0.6 is 34.4 Å². The van der Waals surface area contributed by atoms with Crippen LogP contribution < -0.4 is 16.2 Å². The summed E-state index contributed by atoms with van der Waals surface area (Å²) in [5, 5.41) is 8.31. The van der Waals surface area contributed by atoms with Crippen molar-refractivity contribution in [3.63, 3.8) is 0 Å². The van der Waals surface area contributed by atoms with Gasteiger partial charge in [-0.2, -0.15) is 0 Å². The normalized spacial score (nSPS) is 10.8. The average Bonchev–Trinajstić information content (AvgIpc) is 3.39. The van der Waals surface area contributed by atoms with Gasteiger partial charge in [-0.3, -0.25) is 14.4 Å². The first-order valence-electron chi connectivity index (χ1n) is 9.23. The maximum atomic E-state index is 12.3. The highest BCUT2D eigenvalue weighted by Crippen LogP contribution is 2.25. The molecule has 0 unspecified atom stereocenters. The Morgan fingerprint density at radius 2 is 1.97 bits per heavy atom. The second-order valence-corrected chi connectivity index (χ2v) is 9.43. The number of fused-ring (bicyclic) bond motifs is 1. The molecule has 0 saturated heterocycles. The third-order valence-corrected chi connectivity index (χ3v) is 6.74. The number of thiazole rings is 1. The number of rotatable bonds is 8. The summed E-state index contributed by atoms with van der Waals surface area (Å²) in [7, 11) is 0. The van der Waals surface area contributed by atoms with Crippen molar-refractivity contribution in [3.8, 4) is 0 Å². The van der Waals surface area contributed by atoms with Crippen molar-refractivity contribution < 1.29 is 9.59 Å². The maximum absolute atomic E-state index is 12.3. The molecule has 11 heteroatoms. The predicted molar refractivity (Wildman–Crippen MR) is 124 cm³/mol. The number of nitrogens with one attached hydrogen (secondary N) is 3. The van der Waals surface area contributed by atoms with Crippen LogP contribution in [-0.2, 0) is 22.6 Å². The van der Waals surface area contributed by atoms with Crippen molar-refractivity contribution in [1.82, 2.24) is 20.3 Å². The van der Waals surface area contributed by atoms with E-state index in [-0.39, 0.29) is 34.7 Å². The SMILES string of the molecule is O=C(Cc1cc(=O)[nH]c(SCC(=O)Nc2nc3ccccc3s2)n1)NCc1cccs1. The van der Waals surface area contributed by atoms with E-state index in [1.807, 2.05) is 41.8 Å². The summed E-state index contributed by atoms with van der Waals surface area (Å²) in [6.07, 6.45) is -0.0131. The largest absolute Gasteiger partial charge is 0.351 e. The zero-order chi connectivity index (χ0) is 21.6. The molecule has 1 aromatic carbocycles. The Labute approximate surface area is 189 Å². The van der Waals surface area contributed by atoms with Crippen molar-refractivity contribution in [2.24, 2.45) is 0 Å². The molecule has 4 aromatic rings. The molecule has 0 atom stereocenters. The van der Waals surface area contributed by atoms with Gasteiger partial charge in [-0.1, -0.05) is 41.3 Å². The van der Waals surface area contributed by atoms with E-state index in [0.29, 0.717) is 17.4 Å². The summed E-state index contributed by atoms with van der Waals surface area (Å²) in [5.41, 5.74) is 0.804. The summed E-state index contributed by atoms with van der Waals surface area (Å²) in [6.45, 7) is 0.438. The summed E-state index contributed by atoms with van der Waals surface area (Å²) in [6, 6.07) is 12.8. The molecule has 0 aliphatic rings. The number of thioether (sulfide) groups is 1. The van der Waals surface area contributed by atoms with Crippen molar-refractivity contribution in [2.75, 3.05) is 11.1 Å². The molecule has 0 aliphatic heterocycles. The van der Waals surface area contributed by atoms with Crippen LogP contribution in [0.5, 0.6) is 0 Å². The van der Waals surface area contributed by atoms with Crippen LogP contribution in [0.15, 0.2) is 57.8 Å². The quantitative estimate of drug-likeness (QED) is 0.269. The molecule has 8 nitrogen and oxygen atoms in total. The van der Waals surface area contributed by atoms with Crippen LogP contribution in [0.25, 0.3) is 10.2 Å². The summed E-state index contributed by atoms with van der Waals surface area (Å²) < 4.78 is 0.988. The molecule has 0 fully saturated rings. The van der Waals surface area contributed by atoms with Gasteiger partial charge in [-0.25, -0.2) is 9.97 Å². The van der Waals surface area contributed by atoms with Gasteiger partial charge in [-0.15, -0.1) is 11.3 Å². The zero-order valence-electron chi connectivity index (χ0n) is 16.1. The molecular weight excluding hydrogens is 454 g/mol. The third kappa shape index (κ3) is 6.00.